The first kappa shape index (κ1) is 50.1. The summed E-state index contributed by atoms with van der Waals surface area (Å²) in [6.07, 6.45) is -2.34. The number of benzene rings is 4. The minimum Gasteiger partial charge on any atom is -0.468 e. The van der Waals surface area contributed by atoms with E-state index in [9.17, 15) is 14.4 Å². The van der Waals surface area contributed by atoms with Gasteiger partial charge < -0.3 is 56.8 Å². The molecule has 0 aliphatic heterocycles. The van der Waals surface area contributed by atoms with Crippen molar-refractivity contribution in [3.8, 4) is 17.2 Å². The van der Waals surface area contributed by atoms with Crippen molar-refractivity contribution in [2.75, 3.05) is 60.0 Å². The third-order valence-electron chi connectivity index (χ3n) is 8.65. The average Bonchev–Trinajstić information content (AvgIpc) is 3.28. The molecule has 0 radical (unpaired) electrons. The maximum atomic E-state index is 12.9. The normalized spacial score (nSPS) is 14.0. The van der Waals surface area contributed by atoms with E-state index in [-0.39, 0.29) is 71.7 Å². The zero-order chi connectivity index (χ0) is 45.2. The molecule has 0 saturated carbocycles. The summed E-state index contributed by atoms with van der Waals surface area (Å²) in [7, 11) is 0. The molecule has 4 rings (SSSR count). The summed E-state index contributed by atoms with van der Waals surface area (Å²) in [5.41, 5.74) is 1.11. The summed E-state index contributed by atoms with van der Waals surface area (Å²) in [4.78, 5) is 37.8. The maximum Gasteiger partial charge on any atom is 0.338 e. The molecule has 0 fully saturated rings. The van der Waals surface area contributed by atoms with Gasteiger partial charge in [-0.05, 0) is 102 Å². The predicted molar refractivity (Wildman–Crippen MR) is 231 cm³/mol. The predicted octanol–water partition coefficient (Wildman–Crippen LogP) is 7.70. The Balaban J connectivity index is 1.03. The monoisotopic (exact) mass is 876 g/mol. The van der Waals surface area contributed by atoms with Gasteiger partial charge in [0, 0.05) is 0 Å². The minimum atomic E-state index is -0.547. The number of rotatable bonds is 30. The van der Waals surface area contributed by atoms with E-state index in [1.165, 1.54) is 0 Å². The van der Waals surface area contributed by atoms with Crippen molar-refractivity contribution in [2.24, 2.45) is 0 Å². The lowest BCUT2D eigenvalue weighted by Gasteiger charge is -2.19. The first-order chi connectivity index (χ1) is 30.4. The summed E-state index contributed by atoms with van der Waals surface area (Å²) < 4.78 is 67.4. The van der Waals surface area contributed by atoms with Gasteiger partial charge in [-0.25, -0.2) is 14.4 Å². The highest BCUT2D eigenvalue weighted by atomic mass is 16.7. The Labute approximate surface area is 369 Å². The van der Waals surface area contributed by atoms with E-state index in [1.54, 1.807) is 93.6 Å². The number of para-hydroxylation sites is 1. The molecule has 0 aromatic heterocycles. The third kappa shape index (κ3) is 20.5. The molecule has 0 bridgehead atoms. The molecule has 4 aromatic carbocycles. The molecular weight excluding hydrogens is 817 g/mol. The van der Waals surface area contributed by atoms with E-state index >= 15 is 0 Å². The molecule has 0 amide bonds. The van der Waals surface area contributed by atoms with Crippen LogP contribution in [0.3, 0.4) is 0 Å². The van der Waals surface area contributed by atoms with Crippen LogP contribution < -0.4 is 14.2 Å². The van der Waals surface area contributed by atoms with Gasteiger partial charge in [0.15, 0.2) is 20.4 Å². The van der Waals surface area contributed by atoms with Gasteiger partial charge >= 0.3 is 17.9 Å². The fourth-order valence-corrected chi connectivity index (χ4v) is 5.38. The molecule has 0 aliphatic carbocycles. The first-order valence-electron chi connectivity index (χ1n) is 20.8. The molecule has 6 unspecified atom stereocenters. The molecule has 0 N–H and O–H groups in total. The summed E-state index contributed by atoms with van der Waals surface area (Å²) in [6.45, 7) is 12.0. The van der Waals surface area contributed by atoms with Crippen LogP contribution in [-0.4, -0.2) is 115 Å². The molecule has 0 heterocycles. The van der Waals surface area contributed by atoms with Crippen molar-refractivity contribution in [3.05, 3.63) is 126 Å². The van der Waals surface area contributed by atoms with E-state index in [2.05, 4.69) is 0 Å². The van der Waals surface area contributed by atoms with Crippen LogP contribution in [0.25, 0.3) is 0 Å². The Morgan fingerprint density at radius 3 is 1.25 bits per heavy atom. The van der Waals surface area contributed by atoms with Crippen molar-refractivity contribution in [3.63, 3.8) is 0 Å². The van der Waals surface area contributed by atoms with Crippen molar-refractivity contribution < 1.29 is 71.2 Å². The zero-order valence-electron chi connectivity index (χ0n) is 36.8. The lowest BCUT2D eigenvalue weighted by molar-refractivity contribution is -0.0735. The Bertz CT molecular complexity index is 1910. The highest BCUT2D eigenvalue weighted by Gasteiger charge is 2.17. The number of hydrogen-bond acceptors (Lipinski definition) is 15. The molecule has 15 heteroatoms. The van der Waals surface area contributed by atoms with Crippen molar-refractivity contribution in [2.45, 2.75) is 78.2 Å². The molecule has 0 saturated heterocycles. The second-order valence-corrected chi connectivity index (χ2v) is 14.7. The van der Waals surface area contributed by atoms with Gasteiger partial charge in [-0.3, -0.25) is 0 Å². The second kappa shape index (κ2) is 28.2. The molecule has 342 valence electrons. The summed E-state index contributed by atoms with van der Waals surface area (Å²) >= 11 is 0. The van der Waals surface area contributed by atoms with Gasteiger partial charge in [0.1, 0.15) is 35.6 Å². The topological polar surface area (TPSA) is 162 Å². The van der Waals surface area contributed by atoms with Crippen LogP contribution in [0, 0.1) is 0 Å². The summed E-state index contributed by atoms with van der Waals surface area (Å²) in [5.74, 6) is 0.125. The van der Waals surface area contributed by atoms with Crippen LogP contribution >= 0.6 is 0 Å². The lowest BCUT2D eigenvalue weighted by atomic mass is 10.2. The van der Waals surface area contributed by atoms with E-state index in [0.29, 0.717) is 34.8 Å². The van der Waals surface area contributed by atoms with Crippen LogP contribution in [0.1, 0.15) is 72.6 Å². The number of carbonyl (C=O) groups is 3. The largest absolute Gasteiger partial charge is 0.468 e. The van der Waals surface area contributed by atoms with E-state index in [4.69, 9.17) is 56.8 Å². The number of hydrogen-bond donors (Lipinski definition) is 0. The number of ether oxygens (including phenoxy) is 12. The summed E-state index contributed by atoms with van der Waals surface area (Å²) in [6, 6.07) is 31.3. The fourth-order valence-electron chi connectivity index (χ4n) is 5.38. The van der Waals surface area contributed by atoms with Gasteiger partial charge in [0.05, 0.1) is 74.6 Å². The quantitative estimate of drug-likeness (QED) is 0.0217. The highest BCUT2D eigenvalue weighted by molar-refractivity contribution is 5.90. The Morgan fingerprint density at radius 2 is 0.730 bits per heavy atom. The fraction of sp³-hybridized carbons (Fsp3) is 0.438. The lowest BCUT2D eigenvalue weighted by Crippen LogP contribution is -2.26. The summed E-state index contributed by atoms with van der Waals surface area (Å²) in [5, 5.41) is 0. The van der Waals surface area contributed by atoms with Gasteiger partial charge in [0.25, 0.3) is 0 Å². The molecule has 63 heavy (non-hydrogen) atoms. The molecule has 6 atom stereocenters. The molecule has 15 nitrogen and oxygen atoms in total. The van der Waals surface area contributed by atoms with Crippen molar-refractivity contribution in [1.29, 1.82) is 0 Å². The second-order valence-electron chi connectivity index (χ2n) is 14.7. The molecule has 4 aromatic rings. The Kier molecular flexibility index (Phi) is 22.4. The number of carbonyl (C=O) groups excluding carboxylic acids is 3. The molecule has 0 spiro atoms. The standard InChI is InChI=1S/C48H60O15/c1-34(26-53-31-58-43-19-11-8-12-20-43)55-29-38(5)62-47(50)41-17-13-21-44(23-41)59-32-54-27-35(2)56-30-39(6)63-48(51)42-18-14-22-45(24-42)60-33-57-36(3)25-52-28-37(4)61-46(49)40-15-9-7-10-16-40/h7-24,34-39H,25-33H2,1-6H3. The van der Waals surface area contributed by atoms with E-state index in [0.717, 1.165) is 5.75 Å². The minimum absolute atomic E-state index is 0.0710. The Hall–Kier alpha value is -5.55. The van der Waals surface area contributed by atoms with Gasteiger partial charge in [0.2, 0.25) is 0 Å². The molecular formula is C48H60O15. The van der Waals surface area contributed by atoms with E-state index < -0.39 is 36.2 Å². The third-order valence-corrected chi connectivity index (χ3v) is 8.65. The van der Waals surface area contributed by atoms with Gasteiger partial charge in [-0.2, -0.15) is 0 Å². The van der Waals surface area contributed by atoms with Crippen molar-refractivity contribution >= 4 is 17.9 Å². The number of esters is 3. The van der Waals surface area contributed by atoms with Gasteiger partial charge in [-0.1, -0.05) is 48.5 Å². The van der Waals surface area contributed by atoms with Crippen LogP contribution in [0.4, 0.5) is 0 Å². The van der Waals surface area contributed by atoms with E-state index in [1.807, 2.05) is 57.2 Å². The smallest absolute Gasteiger partial charge is 0.338 e. The maximum absolute atomic E-state index is 12.9. The van der Waals surface area contributed by atoms with Crippen LogP contribution in [0.2, 0.25) is 0 Å². The highest BCUT2D eigenvalue weighted by Crippen LogP contribution is 2.17. The first-order valence-corrected chi connectivity index (χ1v) is 20.8. The van der Waals surface area contributed by atoms with Crippen LogP contribution in [-0.2, 0) is 42.6 Å². The Morgan fingerprint density at radius 1 is 0.365 bits per heavy atom. The molecule has 0 aliphatic rings. The van der Waals surface area contributed by atoms with Crippen LogP contribution in [0.5, 0.6) is 17.2 Å². The van der Waals surface area contributed by atoms with Crippen LogP contribution in [0.15, 0.2) is 109 Å². The SMILES string of the molecule is CC(COCC(C)OC(=O)c1ccccc1)OCOc1cccc(C(=O)OC(C)COC(C)COCOc2cccc(C(=O)OC(C)COC(C)COCOc3ccccc3)c2)c1. The average molecular weight is 877 g/mol. The van der Waals surface area contributed by atoms with Gasteiger partial charge in [-0.15, -0.1) is 0 Å². The van der Waals surface area contributed by atoms with Crippen molar-refractivity contribution in [1.82, 2.24) is 0 Å². The zero-order valence-corrected chi connectivity index (χ0v) is 36.8.